The molecular formula is C19H28. The van der Waals surface area contributed by atoms with Crippen LogP contribution in [0.15, 0.2) is 36.9 Å². The highest BCUT2D eigenvalue weighted by Gasteiger charge is 2.37. The van der Waals surface area contributed by atoms with E-state index in [0.717, 1.165) is 11.8 Å². The minimum atomic E-state index is 0.270. The number of allylic oxidation sites excluding steroid dienone is 1. The summed E-state index contributed by atoms with van der Waals surface area (Å²) in [5.74, 6) is 1.79. The second-order valence-electron chi connectivity index (χ2n) is 7.05. The number of hydrogen-bond acceptors (Lipinski definition) is 0. The lowest BCUT2D eigenvalue weighted by molar-refractivity contribution is 0.589. The summed E-state index contributed by atoms with van der Waals surface area (Å²) >= 11 is 0. The maximum Gasteiger partial charge on any atom is -0.0131 e. The Morgan fingerprint density at radius 2 is 1.84 bits per heavy atom. The Hall–Kier alpha value is -1.04. The third kappa shape index (κ3) is 3.96. The van der Waals surface area contributed by atoms with Gasteiger partial charge in [-0.3, -0.25) is 0 Å². The zero-order valence-electron chi connectivity index (χ0n) is 12.8. The van der Waals surface area contributed by atoms with E-state index in [1.807, 2.05) is 6.08 Å². The lowest BCUT2D eigenvalue weighted by Crippen LogP contribution is -2.10. The quantitative estimate of drug-likeness (QED) is 0.443. The molecule has 1 fully saturated rings. The molecule has 1 saturated carbocycles. The van der Waals surface area contributed by atoms with Gasteiger partial charge in [0.25, 0.3) is 0 Å². The van der Waals surface area contributed by atoms with Crippen molar-refractivity contribution in [1.82, 2.24) is 0 Å². The molecule has 0 aromatic heterocycles. The van der Waals surface area contributed by atoms with Crippen LogP contribution in [0.1, 0.15) is 69.9 Å². The Kier molecular flexibility index (Phi) is 4.50. The summed E-state index contributed by atoms with van der Waals surface area (Å²) < 4.78 is 0. The van der Waals surface area contributed by atoms with Gasteiger partial charge in [-0.25, -0.2) is 0 Å². The molecular weight excluding hydrogens is 228 g/mol. The van der Waals surface area contributed by atoms with Gasteiger partial charge in [-0.05, 0) is 54.1 Å². The largest absolute Gasteiger partial charge is 0.103 e. The third-order valence-corrected chi connectivity index (χ3v) is 4.36. The van der Waals surface area contributed by atoms with Crippen LogP contribution < -0.4 is 0 Å². The van der Waals surface area contributed by atoms with Gasteiger partial charge in [-0.15, -0.1) is 6.58 Å². The minimum absolute atomic E-state index is 0.270. The Balaban J connectivity index is 1.83. The first-order valence-corrected chi connectivity index (χ1v) is 7.73. The number of rotatable bonds is 6. The summed E-state index contributed by atoms with van der Waals surface area (Å²) in [5.41, 5.74) is 3.27. The molecule has 0 spiro atoms. The molecule has 1 aliphatic carbocycles. The fourth-order valence-corrected chi connectivity index (χ4v) is 2.90. The van der Waals surface area contributed by atoms with E-state index in [4.69, 9.17) is 0 Å². The third-order valence-electron chi connectivity index (χ3n) is 4.36. The molecule has 2 rings (SSSR count). The molecule has 0 nitrogen and oxygen atoms in total. The zero-order chi connectivity index (χ0) is 13.9. The molecule has 1 aromatic carbocycles. The van der Waals surface area contributed by atoms with Gasteiger partial charge in [0.2, 0.25) is 0 Å². The van der Waals surface area contributed by atoms with Gasteiger partial charge in [0.05, 0.1) is 0 Å². The van der Waals surface area contributed by atoms with Crippen LogP contribution in [0.2, 0.25) is 0 Å². The summed E-state index contributed by atoms with van der Waals surface area (Å²) in [6.45, 7) is 10.6. The summed E-state index contributed by atoms with van der Waals surface area (Å²) in [7, 11) is 0. The number of hydrogen-bond donors (Lipinski definition) is 0. The van der Waals surface area contributed by atoms with Crippen molar-refractivity contribution in [3.63, 3.8) is 0 Å². The monoisotopic (exact) mass is 256 g/mol. The lowest BCUT2D eigenvalue weighted by atomic mass is 9.86. The minimum Gasteiger partial charge on any atom is -0.103 e. The van der Waals surface area contributed by atoms with Gasteiger partial charge in [0, 0.05) is 0 Å². The maximum absolute atomic E-state index is 3.78. The average molecular weight is 256 g/mol. The highest BCUT2D eigenvalue weighted by Crippen LogP contribution is 2.50. The van der Waals surface area contributed by atoms with E-state index in [0.29, 0.717) is 0 Å². The first-order chi connectivity index (χ1) is 9.02. The molecule has 0 bridgehead atoms. The molecule has 1 aromatic rings. The van der Waals surface area contributed by atoms with E-state index < -0.39 is 0 Å². The van der Waals surface area contributed by atoms with Crippen molar-refractivity contribution in [3.05, 3.63) is 48.0 Å². The first kappa shape index (κ1) is 14.4. The van der Waals surface area contributed by atoms with Gasteiger partial charge >= 0.3 is 0 Å². The number of benzene rings is 1. The van der Waals surface area contributed by atoms with E-state index >= 15 is 0 Å². The molecule has 0 heterocycles. The van der Waals surface area contributed by atoms with Crippen LogP contribution in [0.5, 0.6) is 0 Å². The molecule has 1 aliphatic rings. The van der Waals surface area contributed by atoms with Gasteiger partial charge in [0.15, 0.2) is 0 Å². The summed E-state index contributed by atoms with van der Waals surface area (Å²) in [5, 5.41) is 0. The van der Waals surface area contributed by atoms with Crippen molar-refractivity contribution in [2.75, 3.05) is 0 Å². The Morgan fingerprint density at radius 3 is 2.42 bits per heavy atom. The van der Waals surface area contributed by atoms with Crippen LogP contribution in [0.25, 0.3) is 0 Å². The fraction of sp³-hybridized carbons (Fsp3) is 0.579. The van der Waals surface area contributed by atoms with Crippen molar-refractivity contribution in [2.24, 2.45) is 5.92 Å². The van der Waals surface area contributed by atoms with Crippen molar-refractivity contribution in [2.45, 2.75) is 64.2 Å². The predicted molar refractivity (Wildman–Crippen MR) is 84.7 cm³/mol. The topological polar surface area (TPSA) is 0 Å². The molecule has 0 aliphatic heterocycles. The van der Waals surface area contributed by atoms with Crippen LogP contribution in [0.3, 0.4) is 0 Å². The van der Waals surface area contributed by atoms with Gasteiger partial charge in [-0.2, -0.15) is 0 Å². The second-order valence-corrected chi connectivity index (χ2v) is 7.05. The number of unbranched alkanes of at least 4 members (excludes halogenated alkanes) is 2. The van der Waals surface area contributed by atoms with Gasteiger partial charge in [-0.1, -0.05) is 57.5 Å². The van der Waals surface area contributed by atoms with Crippen LogP contribution in [0.4, 0.5) is 0 Å². The summed E-state index contributed by atoms with van der Waals surface area (Å²) in [6.07, 6.45) is 8.71. The summed E-state index contributed by atoms with van der Waals surface area (Å²) in [6, 6.07) is 9.36. The van der Waals surface area contributed by atoms with Crippen molar-refractivity contribution in [3.8, 4) is 0 Å². The summed E-state index contributed by atoms with van der Waals surface area (Å²) in [4.78, 5) is 0. The molecule has 104 valence electrons. The van der Waals surface area contributed by atoms with Gasteiger partial charge < -0.3 is 0 Å². The maximum atomic E-state index is 3.78. The molecule has 0 N–H and O–H groups in total. The fourth-order valence-electron chi connectivity index (χ4n) is 2.90. The van der Waals surface area contributed by atoms with E-state index in [2.05, 4.69) is 51.6 Å². The first-order valence-electron chi connectivity index (χ1n) is 7.73. The average Bonchev–Trinajstić information content (AvgIpc) is 3.13. The predicted octanol–water partition coefficient (Wildman–Crippen LogP) is 5.83. The highest BCUT2D eigenvalue weighted by molar-refractivity contribution is 5.32. The molecule has 0 saturated heterocycles. The SMILES string of the molecule is C=CCCCC[C@H]1C[C@H]1c1ccc(C(C)(C)C)cc1. The van der Waals surface area contributed by atoms with E-state index in [9.17, 15) is 0 Å². The Bertz CT molecular complexity index is 405. The Labute approximate surface area is 118 Å². The highest BCUT2D eigenvalue weighted by atomic mass is 14.4. The zero-order valence-corrected chi connectivity index (χ0v) is 12.8. The van der Waals surface area contributed by atoms with Crippen molar-refractivity contribution in [1.29, 1.82) is 0 Å². The van der Waals surface area contributed by atoms with Crippen LogP contribution in [-0.4, -0.2) is 0 Å². The normalized spacial score (nSPS) is 22.3. The van der Waals surface area contributed by atoms with E-state index in [1.54, 1.807) is 5.56 Å². The van der Waals surface area contributed by atoms with Gasteiger partial charge in [0.1, 0.15) is 0 Å². The van der Waals surface area contributed by atoms with Crippen molar-refractivity contribution >= 4 is 0 Å². The molecule has 0 amide bonds. The van der Waals surface area contributed by atoms with E-state index in [-0.39, 0.29) is 5.41 Å². The smallest absolute Gasteiger partial charge is 0.0131 e. The van der Waals surface area contributed by atoms with Crippen LogP contribution >= 0.6 is 0 Å². The van der Waals surface area contributed by atoms with Crippen LogP contribution in [-0.2, 0) is 5.41 Å². The Morgan fingerprint density at radius 1 is 1.16 bits per heavy atom. The molecule has 19 heavy (non-hydrogen) atoms. The molecule has 2 atom stereocenters. The van der Waals surface area contributed by atoms with Crippen molar-refractivity contribution < 1.29 is 0 Å². The van der Waals surface area contributed by atoms with E-state index in [1.165, 1.54) is 37.7 Å². The molecule has 0 unspecified atom stereocenters. The molecule has 0 radical (unpaired) electrons. The second kappa shape index (κ2) is 5.94. The lowest BCUT2D eigenvalue weighted by Gasteiger charge is -2.19. The standard InChI is InChI=1S/C19H28/c1-5-6-7-8-9-16-14-18(16)15-10-12-17(13-11-15)19(2,3)4/h5,10-13,16,18H,1,6-9,14H2,2-4H3/t16-,18-/m0/s1. The van der Waals surface area contributed by atoms with Crippen LogP contribution in [0, 0.1) is 5.92 Å². The molecule has 0 heteroatoms.